The molecule has 0 bridgehead atoms. The maximum absolute atomic E-state index is 15.8. The zero-order chi connectivity index (χ0) is 38.8. The molecule has 3 atom stereocenters. The highest BCUT2D eigenvalue weighted by Gasteiger charge is 2.53. The Bertz CT molecular complexity index is 2200. The minimum atomic E-state index is -5.47. The van der Waals surface area contributed by atoms with Gasteiger partial charge in [0.15, 0.2) is 5.60 Å². The Morgan fingerprint density at radius 2 is 1.83 bits per heavy atom. The lowest BCUT2D eigenvalue weighted by Gasteiger charge is -2.36. The van der Waals surface area contributed by atoms with Crippen LogP contribution in [-0.4, -0.2) is 45.5 Å². The first kappa shape index (κ1) is 38.2. The van der Waals surface area contributed by atoms with Gasteiger partial charge in [-0.15, -0.1) is 16.0 Å². The van der Waals surface area contributed by atoms with Crippen LogP contribution in [0.3, 0.4) is 0 Å². The fraction of sp³-hybridized carbons (Fsp3) is 0.316. The van der Waals surface area contributed by atoms with Crippen LogP contribution in [0.5, 0.6) is 5.75 Å². The summed E-state index contributed by atoms with van der Waals surface area (Å²) in [4.78, 5) is 29.9. The number of carbonyl (C=O) groups is 2. The zero-order valence-corrected chi connectivity index (χ0v) is 30.1. The first-order chi connectivity index (χ1) is 25.7. The molecule has 54 heavy (non-hydrogen) atoms. The van der Waals surface area contributed by atoms with Gasteiger partial charge in [0.1, 0.15) is 35.0 Å². The molecule has 1 aliphatic heterocycles. The summed E-state index contributed by atoms with van der Waals surface area (Å²) >= 11 is 1.04. The summed E-state index contributed by atoms with van der Waals surface area (Å²) in [5, 5.41) is 18.4. The van der Waals surface area contributed by atoms with E-state index in [1.807, 2.05) is 32.0 Å². The number of carbonyl (C=O) groups excluding carboxylic acids is 2. The molecular weight excluding hydrogens is 732 g/mol. The number of esters is 2. The van der Waals surface area contributed by atoms with Gasteiger partial charge in [-0.2, -0.15) is 18.4 Å². The number of ether oxygens (including phenoxy) is 2. The molecule has 280 valence electrons. The highest BCUT2D eigenvalue weighted by Crippen LogP contribution is 2.45. The van der Waals surface area contributed by atoms with Crippen molar-refractivity contribution in [2.75, 3.05) is 6.54 Å². The molecule has 0 saturated carbocycles. The standard InChI is InChI=1S/C38H34F5N6O4S/c1-22-13-26(14-23(2)33(22)52-35(50)31-5-4-12-45-31)17-48-20-46-49(21-48)19-37(53-36(51)38(41,42)43,29-11-10-28(39)15-30(29)40)24(3)34-47-32(18-54-34)27-8-6-25(16-44)7-9-27/h6-11,13-15,18,20-21,24,31,45H,4-5,12,17,19H2,1-3H3/q+1/t24-,31?,37+/m0/s1. The molecule has 0 amide bonds. The maximum Gasteiger partial charge on any atom is 0.490 e. The normalized spacial score (nSPS) is 16.0. The first-order valence-corrected chi connectivity index (χ1v) is 17.7. The molecule has 0 aliphatic carbocycles. The molecular formula is C38H34F5N6O4S+. The Morgan fingerprint density at radius 1 is 1.11 bits per heavy atom. The molecule has 16 heteroatoms. The van der Waals surface area contributed by atoms with Gasteiger partial charge in [-0.3, -0.25) is 0 Å². The molecule has 6 rings (SSSR count). The average molecular weight is 766 g/mol. The molecule has 3 aromatic carbocycles. The molecule has 0 spiro atoms. The molecule has 1 fully saturated rings. The molecule has 10 nitrogen and oxygen atoms in total. The van der Waals surface area contributed by atoms with Crippen LogP contribution in [0.1, 0.15) is 58.5 Å². The Balaban J connectivity index is 1.35. The molecule has 0 radical (unpaired) electrons. The van der Waals surface area contributed by atoms with Crippen molar-refractivity contribution in [1.29, 1.82) is 5.26 Å². The van der Waals surface area contributed by atoms with Gasteiger partial charge in [-0.05, 0) is 86.3 Å². The van der Waals surface area contributed by atoms with Crippen LogP contribution in [0.2, 0.25) is 0 Å². The summed E-state index contributed by atoms with van der Waals surface area (Å²) in [6.45, 7) is 5.41. The third kappa shape index (κ3) is 8.17. The van der Waals surface area contributed by atoms with E-state index in [1.165, 1.54) is 24.3 Å². The third-order valence-electron chi connectivity index (χ3n) is 9.25. The van der Waals surface area contributed by atoms with Crippen molar-refractivity contribution >= 4 is 23.3 Å². The Morgan fingerprint density at radius 3 is 2.46 bits per heavy atom. The van der Waals surface area contributed by atoms with E-state index >= 15 is 4.39 Å². The largest absolute Gasteiger partial charge is 0.490 e. The van der Waals surface area contributed by atoms with Crippen LogP contribution in [0.15, 0.2) is 72.6 Å². The molecule has 5 aromatic rings. The smallest absolute Gasteiger partial charge is 0.443 e. The van der Waals surface area contributed by atoms with Crippen LogP contribution in [0.25, 0.3) is 11.3 Å². The summed E-state index contributed by atoms with van der Waals surface area (Å²) in [6.07, 6.45) is -1.03. The monoisotopic (exact) mass is 765 g/mol. The number of rotatable bonds is 11. The van der Waals surface area contributed by atoms with E-state index < -0.39 is 47.4 Å². The second-order valence-electron chi connectivity index (χ2n) is 13.1. The number of aryl methyl sites for hydroxylation is 2. The maximum atomic E-state index is 15.8. The molecule has 1 unspecified atom stereocenters. The van der Waals surface area contributed by atoms with E-state index in [0.717, 1.165) is 42.0 Å². The summed E-state index contributed by atoms with van der Waals surface area (Å²) in [5.74, 6) is -5.95. The van der Waals surface area contributed by atoms with Crippen LogP contribution in [-0.2, 0) is 33.0 Å². The highest BCUT2D eigenvalue weighted by atomic mass is 32.1. The predicted octanol–water partition coefficient (Wildman–Crippen LogP) is 6.57. The number of aromatic nitrogens is 4. The minimum Gasteiger partial charge on any atom is -0.443 e. The number of halogens is 5. The van der Waals surface area contributed by atoms with Crippen molar-refractivity contribution in [2.24, 2.45) is 0 Å². The lowest BCUT2D eigenvalue weighted by molar-refractivity contribution is -0.689. The SMILES string of the molecule is Cc1cc(C[n+]2cnn(C[C@](OC(=O)C(F)(F)F)(c3ccc(F)cc3F)[C@@H](C)c3nc(-c4ccc(C#N)cc4)cs3)c2)cc(C)c1OC(=O)C1CCCN1. The number of thiazole rings is 1. The number of nitrogens with zero attached hydrogens (tertiary/aromatic N) is 5. The van der Waals surface area contributed by atoms with Crippen LogP contribution in [0, 0.1) is 36.8 Å². The predicted molar refractivity (Wildman–Crippen MR) is 185 cm³/mol. The molecule has 1 saturated heterocycles. The quantitative estimate of drug-likeness (QED) is 0.0694. The van der Waals surface area contributed by atoms with Gasteiger partial charge in [-0.25, -0.2) is 27.9 Å². The van der Waals surface area contributed by atoms with Crippen molar-refractivity contribution in [2.45, 2.75) is 70.4 Å². The van der Waals surface area contributed by atoms with Gasteiger partial charge in [0.05, 0.1) is 29.8 Å². The van der Waals surface area contributed by atoms with E-state index in [2.05, 4.69) is 15.4 Å². The fourth-order valence-electron chi connectivity index (χ4n) is 6.55. The van der Waals surface area contributed by atoms with Crippen molar-refractivity contribution < 1.29 is 45.6 Å². The molecule has 1 N–H and O–H groups in total. The Labute approximate surface area is 310 Å². The number of benzene rings is 3. The van der Waals surface area contributed by atoms with Crippen molar-refractivity contribution in [3.8, 4) is 23.1 Å². The topological polar surface area (TPSA) is 123 Å². The Hall–Kier alpha value is -5.53. The van der Waals surface area contributed by atoms with Gasteiger partial charge >= 0.3 is 18.1 Å². The summed E-state index contributed by atoms with van der Waals surface area (Å²) in [7, 11) is 0. The van der Waals surface area contributed by atoms with Crippen molar-refractivity contribution in [3.05, 3.63) is 117 Å². The Kier molecular flexibility index (Phi) is 10.9. The lowest BCUT2D eigenvalue weighted by Crippen LogP contribution is -2.45. The number of alkyl halides is 3. The molecule has 1 aliphatic rings. The first-order valence-electron chi connectivity index (χ1n) is 16.8. The number of nitriles is 1. The van der Waals surface area contributed by atoms with E-state index in [4.69, 9.17) is 14.7 Å². The zero-order valence-electron chi connectivity index (χ0n) is 29.3. The lowest BCUT2D eigenvalue weighted by atomic mass is 9.81. The van der Waals surface area contributed by atoms with E-state index in [1.54, 1.807) is 34.2 Å². The number of hydrogen-bond donors (Lipinski definition) is 1. The van der Waals surface area contributed by atoms with Crippen LogP contribution >= 0.6 is 11.3 Å². The second-order valence-corrected chi connectivity index (χ2v) is 14.0. The summed E-state index contributed by atoms with van der Waals surface area (Å²) in [5.41, 5.74) is 0.684. The van der Waals surface area contributed by atoms with Crippen LogP contribution in [0.4, 0.5) is 22.0 Å². The van der Waals surface area contributed by atoms with Gasteiger partial charge in [-0.1, -0.05) is 19.1 Å². The van der Waals surface area contributed by atoms with E-state index in [0.29, 0.717) is 46.2 Å². The van der Waals surface area contributed by atoms with Crippen molar-refractivity contribution in [3.63, 3.8) is 0 Å². The fourth-order valence-corrected chi connectivity index (χ4v) is 7.52. The molecule has 2 aromatic heterocycles. The summed E-state index contributed by atoms with van der Waals surface area (Å²) in [6, 6.07) is 14.1. The van der Waals surface area contributed by atoms with Gasteiger partial charge < -0.3 is 14.8 Å². The molecule has 3 heterocycles. The highest BCUT2D eigenvalue weighted by molar-refractivity contribution is 7.10. The summed E-state index contributed by atoms with van der Waals surface area (Å²) < 4.78 is 85.6. The average Bonchev–Trinajstić information content (AvgIpc) is 3.92. The van der Waals surface area contributed by atoms with Gasteiger partial charge in [0.2, 0.25) is 6.33 Å². The van der Waals surface area contributed by atoms with Gasteiger partial charge in [0, 0.05) is 27.7 Å². The number of hydrogen-bond acceptors (Lipinski definition) is 9. The van der Waals surface area contributed by atoms with E-state index in [-0.39, 0.29) is 23.6 Å². The van der Waals surface area contributed by atoms with Crippen molar-refractivity contribution in [1.82, 2.24) is 20.1 Å². The number of nitrogens with one attached hydrogen (secondary N) is 1. The van der Waals surface area contributed by atoms with E-state index in [9.17, 15) is 27.2 Å². The second kappa shape index (κ2) is 15.4. The van der Waals surface area contributed by atoms with Crippen LogP contribution < -0.4 is 14.6 Å². The third-order valence-corrected chi connectivity index (χ3v) is 10.3. The minimum absolute atomic E-state index is 0.184. The van der Waals surface area contributed by atoms with Gasteiger partial charge in [0.25, 0.3) is 6.33 Å².